The van der Waals surface area contributed by atoms with Gasteiger partial charge in [0.1, 0.15) is 5.69 Å². The number of hydrogen-bond acceptors (Lipinski definition) is 5. The van der Waals surface area contributed by atoms with Crippen molar-refractivity contribution in [1.82, 2.24) is 14.9 Å². The fraction of sp³-hybridized carbons (Fsp3) is 0.722. The number of aryl methyl sites for hydroxylation is 1. The molecule has 1 aromatic rings. The molecule has 130 valence electrons. The van der Waals surface area contributed by atoms with Crippen LogP contribution in [-0.4, -0.2) is 58.8 Å². The van der Waals surface area contributed by atoms with E-state index in [0.717, 1.165) is 37.5 Å². The van der Waals surface area contributed by atoms with E-state index in [1.54, 1.807) is 12.4 Å². The smallest absolute Gasteiger partial charge is 0.274 e. The minimum atomic E-state index is -0.0933. The molecule has 1 spiro atoms. The summed E-state index contributed by atoms with van der Waals surface area (Å²) in [6.07, 6.45) is 8.79. The summed E-state index contributed by atoms with van der Waals surface area (Å²) in [4.78, 5) is 22.7. The lowest BCUT2D eigenvalue weighted by molar-refractivity contribution is -0.0411. The molecule has 1 aromatic heterocycles. The molecule has 0 unspecified atom stereocenters. The van der Waals surface area contributed by atoms with Crippen LogP contribution in [0.3, 0.4) is 0 Å². The lowest BCUT2D eigenvalue weighted by atomic mass is 9.88. The summed E-state index contributed by atoms with van der Waals surface area (Å²) in [6, 6.07) is 0. The van der Waals surface area contributed by atoms with Crippen molar-refractivity contribution in [1.29, 1.82) is 0 Å². The lowest BCUT2D eigenvalue weighted by Crippen LogP contribution is -2.46. The molecule has 0 bridgehead atoms. The standard InChI is InChI=1S/C18H25N3O3/c1-13-9-20-16(10-19-13)17(22)21-6-4-18(5-7-21)8-15(12-24-18)23-11-14-2-3-14/h9-10,14-15H,2-8,11-12H2,1H3/t15-/m0/s1. The largest absolute Gasteiger partial charge is 0.375 e. The van der Waals surface area contributed by atoms with Gasteiger partial charge in [-0.1, -0.05) is 0 Å². The van der Waals surface area contributed by atoms with Gasteiger partial charge in [0.05, 0.1) is 30.2 Å². The van der Waals surface area contributed by atoms with Crippen molar-refractivity contribution in [2.45, 2.75) is 50.7 Å². The van der Waals surface area contributed by atoms with Gasteiger partial charge < -0.3 is 14.4 Å². The van der Waals surface area contributed by atoms with Gasteiger partial charge in [-0.15, -0.1) is 0 Å². The molecule has 6 heteroatoms. The SMILES string of the molecule is Cc1cnc(C(=O)N2CCC3(CC2)C[C@H](OCC2CC2)CO3)cn1. The van der Waals surface area contributed by atoms with E-state index in [0.29, 0.717) is 25.4 Å². The zero-order chi connectivity index (χ0) is 16.6. The Hall–Kier alpha value is -1.53. The Balaban J connectivity index is 1.30. The Kier molecular flexibility index (Phi) is 4.26. The second-order valence-corrected chi connectivity index (χ2v) is 7.43. The molecule has 2 aliphatic heterocycles. The zero-order valence-corrected chi connectivity index (χ0v) is 14.2. The number of hydrogen-bond donors (Lipinski definition) is 0. The van der Waals surface area contributed by atoms with E-state index in [2.05, 4.69) is 9.97 Å². The van der Waals surface area contributed by atoms with Crippen LogP contribution in [0.4, 0.5) is 0 Å². The molecule has 3 fully saturated rings. The minimum absolute atomic E-state index is 0.0307. The van der Waals surface area contributed by atoms with Crippen LogP contribution in [0.25, 0.3) is 0 Å². The van der Waals surface area contributed by atoms with Crippen LogP contribution in [0.1, 0.15) is 48.3 Å². The number of nitrogens with zero attached hydrogens (tertiary/aromatic N) is 3. The first-order valence-electron chi connectivity index (χ1n) is 8.97. The minimum Gasteiger partial charge on any atom is -0.375 e. The Morgan fingerprint density at radius 2 is 2.12 bits per heavy atom. The van der Waals surface area contributed by atoms with Gasteiger partial charge in [-0.25, -0.2) is 4.98 Å². The van der Waals surface area contributed by atoms with Crippen LogP contribution in [0.2, 0.25) is 0 Å². The first-order valence-corrected chi connectivity index (χ1v) is 8.97. The van der Waals surface area contributed by atoms with Crippen molar-refractivity contribution >= 4 is 5.91 Å². The van der Waals surface area contributed by atoms with Crippen molar-refractivity contribution in [3.05, 3.63) is 23.8 Å². The van der Waals surface area contributed by atoms with Crippen molar-refractivity contribution in [3.63, 3.8) is 0 Å². The Bertz CT molecular complexity index is 592. The van der Waals surface area contributed by atoms with Crippen LogP contribution in [0.5, 0.6) is 0 Å². The average Bonchev–Trinajstić information content (AvgIpc) is 3.36. The maximum absolute atomic E-state index is 12.5. The lowest BCUT2D eigenvalue weighted by Gasteiger charge is -2.38. The van der Waals surface area contributed by atoms with Crippen LogP contribution in [0.15, 0.2) is 12.4 Å². The van der Waals surface area contributed by atoms with E-state index in [1.165, 1.54) is 12.8 Å². The maximum atomic E-state index is 12.5. The first kappa shape index (κ1) is 16.0. The highest BCUT2D eigenvalue weighted by Gasteiger charge is 2.44. The molecule has 3 heterocycles. The Morgan fingerprint density at radius 3 is 2.79 bits per heavy atom. The average molecular weight is 331 g/mol. The summed E-state index contributed by atoms with van der Waals surface area (Å²) in [5.41, 5.74) is 1.15. The van der Waals surface area contributed by atoms with E-state index >= 15 is 0 Å². The molecule has 0 radical (unpaired) electrons. The molecule has 3 aliphatic rings. The quantitative estimate of drug-likeness (QED) is 0.844. The van der Waals surface area contributed by atoms with Crippen LogP contribution < -0.4 is 0 Å². The van der Waals surface area contributed by atoms with Gasteiger partial charge in [0.2, 0.25) is 0 Å². The van der Waals surface area contributed by atoms with Crippen molar-refractivity contribution in [2.24, 2.45) is 5.92 Å². The monoisotopic (exact) mass is 331 g/mol. The summed E-state index contributed by atoms with van der Waals surface area (Å²) in [6.45, 7) is 4.88. The van der Waals surface area contributed by atoms with Gasteiger partial charge in [0.25, 0.3) is 5.91 Å². The molecule has 6 nitrogen and oxygen atoms in total. The Labute approximate surface area is 142 Å². The third kappa shape index (κ3) is 3.44. The first-order chi connectivity index (χ1) is 11.6. The summed E-state index contributed by atoms with van der Waals surface area (Å²) in [5, 5.41) is 0. The second kappa shape index (κ2) is 6.41. The molecule has 1 atom stereocenters. The molecule has 1 amide bonds. The van der Waals surface area contributed by atoms with Crippen LogP contribution >= 0.6 is 0 Å². The van der Waals surface area contributed by atoms with E-state index in [-0.39, 0.29) is 17.6 Å². The number of piperidine rings is 1. The van der Waals surface area contributed by atoms with Gasteiger partial charge in [0.15, 0.2) is 0 Å². The fourth-order valence-electron chi connectivity index (χ4n) is 3.60. The molecule has 4 rings (SSSR count). The normalized spacial score (nSPS) is 26.0. The molecule has 1 saturated carbocycles. The summed E-state index contributed by atoms with van der Waals surface area (Å²) in [5.74, 6) is 0.758. The van der Waals surface area contributed by atoms with Crippen molar-refractivity contribution in [2.75, 3.05) is 26.3 Å². The predicted octanol–water partition coefficient (Wildman–Crippen LogP) is 1.98. The molecule has 0 aromatic carbocycles. The number of amides is 1. The van der Waals surface area contributed by atoms with Crippen LogP contribution in [0, 0.1) is 12.8 Å². The maximum Gasteiger partial charge on any atom is 0.274 e. The van der Waals surface area contributed by atoms with Gasteiger partial charge in [-0.05, 0) is 38.5 Å². The summed E-state index contributed by atoms with van der Waals surface area (Å²) >= 11 is 0. The second-order valence-electron chi connectivity index (χ2n) is 7.43. The van der Waals surface area contributed by atoms with Gasteiger partial charge in [-0.3, -0.25) is 9.78 Å². The number of carbonyl (C=O) groups is 1. The third-order valence-electron chi connectivity index (χ3n) is 5.40. The number of rotatable bonds is 4. The highest BCUT2D eigenvalue weighted by Crippen LogP contribution is 2.38. The van der Waals surface area contributed by atoms with Gasteiger partial charge in [0, 0.05) is 32.3 Å². The van der Waals surface area contributed by atoms with E-state index < -0.39 is 0 Å². The van der Waals surface area contributed by atoms with Gasteiger partial charge in [-0.2, -0.15) is 0 Å². The number of aromatic nitrogens is 2. The summed E-state index contributed by atoms with van der Waals surface area (Å²) < 4.78 is 12.1. The fourth-order valence-corrected chi connectivity index (χ4v) is 3.60. The molecule has 2 saturated heterocycles. The number of ether oxygens (including phenoxy) is 2. The zero-order valence-electron chi connectivity index (χ0n) is 14.2. The third-order valence-corrected chi connectivity index (χ3v) is 5.40. The predicted molar refractivity (Wildman–Crippen MR) is 87.7 cm³/mol. The molecule has 1 aliphatic carbocycles. The highest BCUT2D eigenvalue weighted by atomic mass is 16.6. The number of likely N-dealkylation sites (tertiary alicyclic amines) is 1. The summed E-state index contributed by atoms with van der Waals surface area (Å²) in [7, 11) is 0. The molecular formula is C18H25N3O3. The molecule has 0 N–H and O–H groups in total. The van der Waals surface area contributed by atoms with E-state index in [4.69, 9.17) is 9.47 Å². The van der Waals surface area contributed by atoms with Crippen molar-refractivity contribution in [3.8, 4) is 0 Å². The van der Waals surface area contributed by atoms with E-state index in [1.807, 2.05) is 11.8 Å². The number of carbonyl (C=O) groups excluding carboxylic acids is 1. The van der Waals surface area contributed by atoms with Crippen molar-refractivity contribution < 1.29 is 14.3 Å². The van der Waals surface area contributed by atoms with E-state index in [9.17, 15) is 4.79 Å². The highest BCUT2D eigenvalue weighted by molar-refractivity contribution is 5.92. The van der Waals surface area contributed by atoms with Gasteiger partial charge >= 0.3 is 0 Å². The Morgan fingerprint density at radius 1 is 1.33 bits per heavy atom. The topological polar surface area (TPSA) is 64.6 Å². The molecular weight excluding hydrogens is 306 g/mol. The van der Waals surface area contributed by atoms with Crippen LogP contribution in [-0.2, 0) is 9.47 Å². The molecule has 24 heavy (non-hydrogen) atoms.